The predicted octanol–water partition coefficient (Wildman–Crippen LogP) is 1.32. The van der Waals surface area contributed by atoms with Crippen LogP contribution in [0.1, 0.15) is 0 Å². The van der Waals surface area contributed by atoms with Crippen LogP contribution in [-0.4, -0.2) is 15.0 Å². The highest BCUT2D eigenvalue weighted by Gasteiger charge is 2.07. The number of nitrogens with zero attached hydrogens (tertiary/aromatic N) is 5. The monoisotopic (exact) mass is 237 g/mol. The molecule has 0 atom stereocenters. The lowest BCUT2D eigenvalue weighted by atomic mass is 10.2. The van der Waals surface area contributed by atoms with Crippen LogP contribution in [0.25, 0.3) is 11.4 Å². The average Bonchev–Trinajstić information content (AvgIpc) is 2.40. The molecule has 0 unspecified atom stereocenters. The van der Waals surface area contributed by atoms with Crippen LogP contribution in [0.5, 0.6) is 0 Å². The van der Waals surface area contributed by atoms with Crippen molar-refractivity contribution in [2.75, 3.05) is 10.6 Å². The van der Waals surface area contributed by atoms with Gasteiger partial charge in [-0.1, -0.05) is 30.3 Å². The van der Waals surface area contributed by atoms with E-state index in [1.807, 2.05) is 30.3 Å². The molecule has 2 rings (SSSR count). The maximum atomic E-state index is 8.56. The summed E-state index contributed by atoms with van der Waals surface area (Å²) in [6, 6.07) is 9.19. The molecule has 0 aliphatic carbocycles. The van der Waals surface area contributed by atoms with Gasteiger partial charge in [0.05, 0.1) is 0 Å². The van der Waals surface area contributed by atoms with E-state index < -0.39 is 0 Å². The van der Waals surface area contributed by atoms with Crippen molar-refractivity contribution < 1.29 is 0 Å². The van der Waals surface area contributed by atoms with Crippen molar-refractivity contribution >= 4 is 11.9 Å². The number of anilines is 2. The van der Waals surface area contributed by atoms with Gasteiger partial charge in [-0.2, -0.15) is 25.5 Å². The number of aromatic nitrogens is 3. The van der Waals surface area contributed by atoms with Crippen LogP contribution in [0.2, 0.25) is 0 Å². The van der Waals surface area contributed by atoms with Gasteiger partial charge in [-0.05, 0) is 0 Å². The third kappa shape index (κ3) is 2.49. The highest BCUT2D eigenvalue weighted by atomic mass is 15.2. The summed E-state index contributed by atoms with van der Waals surface area (Å²) in [4.78, 5) is 12.0. The Morgan fingerprint density at radius 2 is 1.39 bits per heavy atom. The van der Waals surface area contributed by atoms with Crippen molar-refractivity contribution in [2.24, 2.45) is 0 Å². The van der Waals surface area contributed by atoms with Gasteiger partial charge in [0.2, 0.25) is 11.9 Å². The Morgan fingerprint density at radius 3 is 1.89 bits per heavy atom. The summed E-state index contributed by atoms with van der Waals surface area (Å²) < 4.78 is 0. The smallest absolute Gasteiger partial charge is 0.241 e. The van der Waals surface area contributed by atoms with Crippen molar-refractivity contribution in [1.82, 2.24) is 15.0 Å². The summed E-state index contributed by atoms with van der Waals surface area (Å²) in [5.74, 6) is 0.550. The minimum absolute atomic E-state index is 0.0871. The van der Waals surface area contributed by atoms with E-state index in [4.69, 9.17) is 10.5 Å². The van der Waals surface area contributed by atoms with E-state index in [1.165, 1.54) is 0 Å². The van der Waals surface area contributed by atoms with Crippen LogP contribution in [0.15, 0.2) is 30.3 Å². The molecule has 1 aromatic heterocycles. The zero-order valence-electron chi connectivity index (χ0n) is 9.12. The van der Waals surface area contributed by atoms with Crippen molar-refractivity contribution in [3.63, 3.8) is 0 Å². The van der Waals surface area contributed by atoms with Gasteiger partial charge < -0.3 is 0 Å². The molecular formula is C11H7N7. The lowest BCUT2D eigenvalue weighted by Gasteiger charge is -2.04. The van der Waals surface area contributed by atoms with E-state index in [0.717, 1.165) is 5.56 Å². The van der Waals surface area contributed by atoms with Crippen molar-refractivity contribution in [3.8, 4) is 23.8 Å². The predicted molar refractivity (Wildman–Crippen MR) is 63.7 cm³/mol. The van der Waals surface area contributed by atoms with Crippen LogP contribution in [0.3, 0.4) is 0 Å². The molecule has 0 saturated carbocycles. The van der Waals surface area contributed by atoms with Gasteiger partial charge in [0.15, 0.2) is 18.2 Å². The topological polar surface area (TPSA) is 110 Å². The zero-order chi connectivity index (χ0) is 12.8. The second-order valence-corrected chi connectivity index (χ2v) is 3.15. The quantitative estimate of drug-likeness (QED) is 0.611. The summed E-state index contributed by atoms with van der Waals surface area (Å²) in [6.45, 7) is 0. The van der Waals surface area contributed by atoms with E-state index in [9.17, 15) is 0 Å². The maximum absolute atomic E-state index is 8.56. The highest BCUT2D eigenvalue weighted by molar-refractivity contribution is 5.58. The number of hydrogen-bond acceptors (Lipinski definition) is 7. The normalized spacial score (nSPS) is 9.00. The summed E-state index contributed by atoms with van der Waals surface area (Å²) in [5, 5.41) is 21.7. The first-order chi connectivity index (χ1) is 8.83. The Bertz CT molecular complexity index is 590. The summed E-state index contributed by atoms with van der Waals surface area (Å²) in [7, 11) is 0. The number of benzene rings is 1. The van der Waals surface area contributed by atoms with Crippen molar-refractivity contribution in [3.05, 3.63) is 30.3 Å². The zero-order valence-corrected chi connectivity index (χ0v) is 9.12. The van der Waals surface area contributed by atoms with Gasteiger partial charge in [0.25, 0.3) is 0 Å². The van der Waals surface area contributed by atoms with Gasteiger partial charge in [-0.25, -0.2) is 0 Å². The Labute approximate surface area is 103 Å². The first kappa shape index (κ1) is 11.3. The summed E-state index contributed by atoms with van der Waals surface area (Å²) >= 11 is 0. The van der Waals surface area contributed by atoms with E-state index in [-0.39, 0.29) is 11.9 Å². The van der Waals surface area contributed by atoms with Crippen LogP contribution < -0.4 is 10.6 Å². The fourth-order valence-corrected chi connectivity index (χ4v) is 1.30. The second-order valence-electron chi connectivity index (χ2n) is 3.15. The SMILES string of the molecule is N#CNc1nc(NC#N)nc(-c2ccccc2)n1. The van der Waals surface area contributed by atoms with Gasteiger partial charge >= 0.3 is 0 Å². The molecule has 7 nitrogen and oxygen atoms in total. The van der Waals surface area contributed by atoms with Crippen molar-refractivity contribution in [1.29, 1.82) is 10.5 Å². The molecular weight excluding hydrogens is 230 g/mol. The minimum atomic E-state index is 0.0871. The highest BCUT2D eigenvalue weighted by Crippen LogP contribution is 2.16. The number of hydrogen-bond donors (Lipinski definition) is 2. The second kappa shape index (κ2) is 5.23. The van der Waals surface area contributed by atoms with Gasteiger partial charge in [0.1, 0.15) is 0 Å². The van der Waals surface area contributed by atoms with E-state index in [1.54, 1.807) is 12.4 Å². The van der Waals surface area contributed by atoms with Crippen LogP contribution in [-0.2, 0) is 0 Å². The summed E-state index contributed by atoms with van der Waals surface area (Å²) in [5.41, 5.74) is 0.766. The lowest BCUT2D eigenvalue weighted by molar-refractivity contribution is 1.07. The molecule has 0 amide bonds. The molecule has 0 saturated heterocycles. The molecule has 2 aromatic rings. The first-order valence-electron chi connectivity index (χ1n) is 4.95. The molecule has 0 radical (unpaired) electrons. The number of nitriles is 2. The molecule has 0 aliphatic rings. The first-order valence-corrected chi connectivity index (χ1v) is 4.95. The third-order valence-corrected chi connectivity index (χ3v) is 2.00. The molecule has 86 valence electrons. The Kier molecular flexibility index (Phi) is 3.29. The van der Waals surface area contributed by atoms with Gasteiger partial charge in [-0.3, -0.25) is 10.6 Å². The molecule has 1 heterocycles. The Morgan fingerprint density at radius 1 is 0.833 bits per heavy atom. The molecule has 0 bridgehead atoms. The van der Waals surface area contributed by atoms with Crippen molar-refractivity contribution in [2.45, 2.75) is 0 Å². The van der Waals surface area contributed by atoms with E-state index in [2.05, 4.69) is 25.6 Å². The maximum Gasteiger partial charge on any atom is 0.241 e. The van der Waals surface area contributed by atoms with E-state index in [0.29, 0.717) is 5.82 Å². The van der Waals surface area contributed by atoms with Crippen LogP contribution >= 0.6 is 0 Å². The average molecular weight is 237 g/mol. The third-order valence-electron chi connectivity index (χ3n) is 2.00. The molecule has 1 aromatic carbocycles. The van der Waals surface area contributed by atoms with Crippen LogP contribution in [0, 0.1) is 22.9 Å². The van der Waals surface area contributed by atoms with Gasteiger partial charge in [0, 0.05) is 5.56 Å². The van der Waals surface area contributed by atoms with Crippen LogP contribution in [0.4, 0.5) is 11.9 Å². The lowest BCUT2D eigenvalue weighted by Crippen LogP contribution is -2.04. The number of rotatable bonds is 3. The molecule has 0 aliphatic heterocycles. The molecule has 2 N–H and O–H groups in total. The minimum Gasteiger partial charge on any atom is -0.261 e. The van der Waals surface area contributed by atoms with E-state index >= 15 is 0 Å². The fraction of sp³-hybridized carbons (Fsp3) is 0. The molecule has 7 heteroatoms. The number of nitrogens with one attached hydrogen (secondary N) is 2. The Hall–Kier alpha value is -3.19. The largest absolute Gasteiger partial charge is 0.261 e. The molecule has 0 fully saturated rings. The Balaban J connectivity index is 2.47. The summed E-state index contributed by atoms with van der Waals surface area (Å²) in [6.07, 6.45) is 3.44. The standard InChI is InChI=1S/C11H7N7/c12-6-14-10-16-9(8-4-2-1-3-5-8)17-11(18-10)15-7-13/h1-5H,(H2,14,15,16,17,18). The molecule has 0 spiro atoms. The fourth-order valence-electron chi connectivity index (χ4n) is 1.30. The molecule has 18 heavy (non-hydrogen) atoms. The van der Waals surface area contributed by atoms with Gasteiger partial charge in [-0.15, -0.1) is 0 Å².